The zero-order chi connectivity index (χ0) is 25.7. The van der Waals surface area contributed by atoms with E-state index in [1.54, 1.807) is 0 Å². The summed E-state index contributed by atoms with van der Waals surface area (Å²) in [5, 5.41) is 33.5. The van der Waals surface area contributed by atoms with Gasteiger partial charge in [-0.1, -0.05) is 0 Å². The molecule has 186 valence electrons. The number of nitrogens with two attached hydrogens (primary N) is 3. The lowest BCUT2D eigenvalue weighted by Gasteiger charge is -2.24. The average molecular weight is 476 g/mol. The van der Waals surface area contributed by atoms with Crippen LogP contribution in [0, 0.1) is 0 Å². The van der Waals surface area contributed by atoms with Gasteiger partial charge in [0.05, 0.1) is 19.1 Å². The van der Waals surface area contributed by atoms with Gasteiger partial charge >= 0.3 is 11.9 Å². The number of carboxylic acid groups (broad SMARTS) is 2. The Morgan fingerprint density at radius 3 is 1.67 bits per heavy atom. The summed E-state index contributed by atoms with van der Waals surface area (Å²) in [6.07, 6.45) is -2.21. The van der Waals surface area contributed by atoms with E-state index in [1.807, 2.05) is 5.32 Å². The molecular formula is C17H28N6O10. The number of aliphatic carboxylic acids is 2. The van der Waals surface area contributed by atoms with Crippen LogP contribution < -0.4 is 33.2 Å². The Morgan fingerprint density at radius 1 is 0.697 bits per heavy atom. The second-order valence-corrected chi connectivity index (χ2v) is 6.92. The minimum Gasteiger partial charge on any atom is -0.481 e. The van der Waals surface area contributed by atoms with Gasteiger partial charge < -0.3 is 48.5 Å². The lowest BCUT2D eigenvalue weighted by atomic mass is 10.1. The maximum Gasteiger partial charge on any atom is 0.326 e. The highest BCUT2D eigenvalue weighted by Gasteiger charge is 2.31. The van der Waals surface area contributed by atoms with E-state index in [4.69, 9.17) is 27.4 Å². The SMILES string of the molecule is NC(=O)CCC(N)C(=O)NC(CO)C(=O)NC(CCC(=O)O)C(=O)NC(CC(N)=O)C(=O)O. The number of hydrogen-bond acceptors (Lipinski definition) is 9. The van der Waals surface area contributed by atoms with Crippen molar-refractivity contribution in [2.75, 3.05) is 6.61 Å². The van der Waals surface area contributed by atoms with Crippen molar-refractivity contribution in [3.8, 4) is 0 Å². The molecule has 0 bridgehead atoms. The Kier molecular flexibility index (Phi) is 12.7. The maximum absolute atomic E-state index is 12.4. The van der Waals surface area contributed by atoms with Crippen molar-refractivity contribution in [2.24, 2.45) is 17.2 Å². The number of amides is 5. The summed E-state index contributed by atoms with van der Waals surface area (Å²) in [6, 6.07) is -6.19. The zero-order valence-electron chi connectivity index (χ0n) is 17.5. The Balaban J connectivity index is 5.32. The number of nitrogens with one attached hydrogen (secondary N) is 3. The summed E-state index contributed by atoms with van der Waals surface area (Å²) < 4.78 is 0. The predicted octanol–water partition coefficient (Wildman–Crippen LogP) is -5.15. The Bertz CT molecular complexity index is 773. The van der Waals surface area contributed by atoms with Gasteiger partial charge in [0.2, 0.25) is 29.5 Å². The van der Waals surface area contributed by atoms with Crippen LogP contribution in [-0.4, -0.2) is 87.6 Å². The molecule has 0 aliphatic heterocycles. The van der Waals surface area contributed by atoms with E-state index in [0.29, 0.717) is 0 Å². The molecule has 16 heteroatoms. The number of rotatable bonds is 16. The van der Waals surface area contributed by atoms with Crippen LogP contribution in [0.15, 0.2) is 0 Å². The minimum atomic E-state index is -1.74. The third-order valence-corrected chi connectivity index (χ3v) is 4.15. The number of hydrogen-bond donors (Lipinski definition) is 9. The molecule has 0 radical (unpaired) electrons. The summed E-state index contributed by atoms with van der Waals surface area (Å²) in [7, 11) is 0. The first kappa shape index (κ1) is 29.2. The van der Waals surface area contributed by atoms with Crippen molar-refractivity contribution in [3.05, 3.63) is 0 Å². The maximum atomic E-state index is 12.4. The molecule has 4 unspecified atom stereocenters. The van der Waals surface area contributed by atoms with E-state index < -0.39 is 91.5 Å². The van der Waals surface area contributed by atoms with Crippen molar-refractivity contribution in [3.63, 3.8) is 0 Å². The van der Waals surface area contributed by atoms with Crippen molar-refractivity contribution in [2.45, 2.75) is 56.3 Å². The Labute approximate surface area is 187 Å². The number of aliphatic hydroxyl groups is 1. The second kappa shape index (κ2) is 14.3. The molecule has 0 aromatic rings. The number of primary amides is 2. The topological polar surface area (TPSA) is 294 Å². The summed E-state index contributed by atoms with van der Waals surface area (Å²) >= 11 is 0. The van der Waals surface area contributed by atoms with Crippen LogP contribution in [0.2, 0.25) is 0 Å². The molecule has 0 spiro atoms. The molecule has 0 saturated heterocycles. The minimum absolute atomic E-state index is 0.138. The average Bonchev–Trinajstić information content (AvgIpc) is 2.71. The van der Waals surface area contributed by atoms with Crippen LogP contribution in [0.5, 0.6) is 0 Å². The highest BCUT2D eigenvalue weighted by Crippen LogP contribution is 2.03. The van der Waals surface area contributed by atoms with E-state index in [1.165, 1.54) is 0 Å². The highest BCUT2D eigenvalue weighted by molar-refractivity contribution is 5.95. The number of carbonyl (C=O) groups is 7. The van der Waals surface area contributed by atoms with Gasteiger partial charge in [-0.15, -0.1) is 0 Å². The molecule has 33 heavy (non-hydrogen) atoms. The molecule has 12 N–H and O–H groups in total. The van der Waals surface area contributed by atoms with Gasteiger partial charge in [0.1, 0.15) is 18.1 Å². The van der Waals surface area contributed by atoms with Crippen LogP contribution in [-0.2, 0) is 33.6 Å². The molecular weight excluding hydrogens is 448 g/mol. The second-order valence-electron chi connectivity index (χ2n) is 6.92. The van der Waals surface area contributed by atoms with E-state index in [9.17, 15) is 38.7 Å². The summed E-state index contributed by atoms with van der Waals surface area (Å²) in [4.78, 5) is 80.7. The highest BCUT2D eigenvalue weighted by atomic mass is 16.4. The van der Waals surface area contributed by atoms with Gasteiger partial charge in [-0.3, -0.25) is 28.8 Å². The number of carboxylic acids is 2. The fraction of sp³-hybridized carbons (Fsp3) is 0.588. The van der Waals surface area contributed by atoms with E-state index in [2.05, 4.69) is 10.6 Å². The molecule has 0 fully saturated rings. The molecule has 0 saturated carbocycles. The molecule has 0 aliphatic carbocycles. The van der Waals surface area contributed by atoms with Crippen molar-refractivity contribution in [1.82, 2.24) is 16.0 Å². The van der Waals surface area contributed by atoms with Gasteiger partial charge in [0.15, 0.2) is 0 Å². The standard InChI is InChI=1S/C17H28N6O10/c18-7(1-3-11(19)25)14(29)23-10(6-24)16(31)21-8(2-4-13(27)28)15(30)22-9(17(32)33)5-12(20)26/h7-10,24H,1-6,18H2,(H2,19,25)(H2,20,26)(H,21,31)(H,22,30)(H,23,29)(H,27,28)(H,32,33). The normalized spacial score (nSPS) is 14.1. The van der Waals surface area contributed by atoms with Crippen LogP contribution in [0.4, 0.5) is 0 Å². The molecule has 4 atom stereocenters. The number of carbonyl (C=O) groups excluding carboxylic acids is 5. The van der Waals surface area contributed by atoms with Crippen LogP contribution in [0.1, 0.15) is 32.1 Å². The van der Waals surface area contributed by atoms with Crippen molar-refractivity contribution >= 4 is 41.5 Å². The Morgan fingerprint density at radius 2 is 1.21 bits per heavy atom. The number of aliphatic hydroxyl groups excluding tert-OH is 1. The van der Waals surface area contributed by atoms with Crippen LogP contribution >= 0.6 is 0 Å². The zero-order valence-corrected chi connectivity index (χ0v) is 17.5. The van der Waals surface area contributed by atoms with E-state index in [-0.39, 0.29) is 12.8 Å². The van der Waals surface area contributed by atoms with Gasteiger partial charge in [-0.2, -0.15) is 0 Å². The van der Waals surface area contributed by atoms with Crippen molar-refractivity contribution < 1.29 is 48.9 Å². The summed E-state index contributed by atoms with van der Waals surface area (Å²) in [5.41, 5.74) is 15.4. The summed E-state index contributed by atoms with van der Waals surface area (Å²) in [5.74, 6) is -7.84. The van der Waals surface area contributed by atoms with E-state index >= 15 is 0 Å². The monoisotopic (exact) mass is 476 g/mol. The fourth-order valence-corrected chi connectivity index (χ4v) is 2.38. The molecule has 5 amide bonds. The molecule has 16 nitrogen and oxygen atoms in total. The predicted molar refractivity (Wildman–Crippen MR) is 108 cm³/mol. The lowest BCUT2D eigenvalue weighted by molar-refractivity contribution is -0.144. The van der Waals surface area contributed by atoms with Crippen LogP contribution in [0.3, 0.4) is 0 Å². The Hall–Kier alpha value is -3.79. The van der Waals surface area contributed by atoms with Gasteiger partial charge in [0.25, 0.3) is 0 Å². The molecule has 0 rings (SSSR count). The third-order valence-electron chi connectivity index (χ3n) is 4.15. The summed E-state index contributed by atoms with van der Waals surface area (Å²) in [6.45, 7) is -0.938. The van der Waals surface area contributed by atoms with Crippen LogP contribution in [0.25, 0.3) is 0 Å². The first-order valence-electron chi connectivity index (χ1n) is 9.57. The molecule has 0 aromatic carbocycles. The van der Waals surface area contributed by atoms with Gasteiger partial charge in [-0.25, -0.2) is 4.79 Å². The lowest BCUT2D eigenvalue weighted by Crippen LogP contribution is -2.58. The first-order chi connectivity index (χ1) is 15.3. The fourth-order valence-electron chi connectivity index (χ4n) is 2.38. The largest absolute Gasteiger partial charge is 0.481 e. The quantitative estimate of drug-likeness (QED) is 0.101. The molecule has 0 heterocycles. The van der Waals surface area contributed by atoms with Crippen molar-refractivity contribution in [1.29, 1.82) is 0 Å². The smallest absolute Gasteiger partial charge is 0.326 e. The molecule has 0 aromatic heterocycles. The van der Waals surface area contributed by atoms with Gasteiger partial charge in [0, 0.05) is 12.8 Å². The van der Waals surface area contributed by atoms with Gasteiger partial charge in [-0.05, 0) is 12.8 Å². The van der Waals surface area contributed by atoms with E-state index in [0.717, 1.165) is 0 Å². The first-order valence-corrected chi connectivity index (χ1v) is 9.57. The third kappa shape index (κ3) is 12.0. The molecule has 0 aliphatic rings.